The molecule has 3 N–H and O–H groups in total. The first-order chi connectivity index (χ1) is 19.3. The second kappa shape index (κ2) is 11.9. The number of aliphatic hydroxyl groups is 1. The highest BCUT2D eigenvalue weighted by Crippen LogP contribution is 2.31. The molecule has 0 spiro atoms. The molecule has 1 aliphatic heterocycles. The van der Waals surface area contributed by atoms with Crippen molar-refractivity contribution in [2.24, 2.45) is 0 Å². The molecule has 0 bridgehead atoms. The van der Waals surface area contributed by atoms with Crippen LogP contribution in [0, 0.1) is 17.5 Å². The van der Waals surface area contributed by atoms with Gasteiger partial charge in [0.15, 0.2) is 5.69 Å². The normalized spacial score (nSPS) is 13.6. The van der Waals surface area contributed by atoms with Crippen LogP contribution in [0.5, 0.6) is 5.75 Å². The number of hydrogen-bond donors (Lipinski definition) is 3. The molecule has 1 amide bonds. The molecule has 7 nitrogen and oxygen atoms in total. The van der Waals surface area contributed by atoms with Gasteiger partial charge in [0.1, 0.15) is 36.1 Å². The van der Waals surface area contributed by atoms with E-state index >= 15 is 0 Å². The highest BCUT2D eigenvalue weighted by molar-refractivity contribution is 5.94. The van der Waals surface area contributed by atoms with E-state index in [2.05, 4.69) is 28.6 Å². The minimum absolute atomic E-state index is 0.0140. The first-order valence-corrected chi connectivity index (χ1v) is 13.0. The Morgan fingerprint density at radius 2 is 1.80 bits per heavy atom. The van der Waals surface area contributed by atoms with Crippen molar-refractivity contribution >= 4 is 5.91 Å². The average molecular weight is 551 g/mol. The fourth-order valence-electron chi connectivity index (χ4n) is 4.83. The van der Waals surface area contributed by atoms with Crippen molar-refractivity contribution in [3.05, 3.63) is 113 Å². The van der Waals surface area contributed by atoms with Gasteiger partial charge in [-0.2, -0.15) is 0 Å². The molecule has 10 heteroatoms. The molecule has 5 rings (SSSR count). The number of amides is 1. The lowest BCUT2D eigenvalue weighted by molar-refractivity contribution is 0.0823. The number of nitrogens with zero attached hydrogens (tertiary/aromatic N) is 2. The third-order valence-electron chi connectivity index (χ3n) is 6.87. The van der Waals surface area contributed by atoms with Gasteiger partial charge in [0.25, 0.3) is 5.91 Å². The highest BCUT2D eigenvalue weighted by atomic mass is 19.1. The standard InChI is InChI=1S/C30H29F3N4O3/c1-2-18-4-3-5-19(8-18)14-34-15-27(38)24(11-20-9-22(32)12-23(33)10-20)36-30(39)29-26-16-40-28-13-21(31)6-7-25(28)37(26)17-35-29/h3-10,12-13,17,24,27,34,38H,2,11,14-16H2,1H3,(H,36,39)/t24-,27+/m0/s1. The molecule has 1 aromatic heterocycles. The van der Waals surface area contributed by atoms with Crippen molar-refractivity contribution in [3.8, 4) is 11.4 Å². The van der Waals surface area contributed by atoms with Crippen LogP contribution < -0.4 is 15.4 Å². The minimum Gasteiger partial charge on any atom is -0.485 e. The number of nitrogens with one attached hydrogen (secondary N) is 2. The predicted molar refractivity (Wildman–Crippen MR) is 143 cm³/mol. The van der Waals surface area contributed by atoms with Gasteiger partial charge in [-0.05, 0) is 53.8 Å². The Kier molecular flexibility index (Phi) is 8.18. The summed E-state index contributed by atoms with van der Waals surface area (Å²) in [6.07, 6.45) is 1.23. The molecule has 0 radical (unpaired) electrons. The molecule has 0 saturated heterocycles. The minimum atomic E-state index is -1.09. The zero-order valence-corrected chi connectivity index (χ0v) is 21.8. The van der Waals surface area contributed by atoms with E-state index in [1.54, 1.807) is 4.57 Å². The van der Waals surface area contributed by atoms with E-state index in [4.69, 9.17) is 4.74 Å². The Morgan fingerprint density at radius 1 is 1.02 bits per heavy atom. The molecular weight excluding hydrogens is 521 g/mol. The number of halogens is 3. The van der Waals surface area contributed by atoms with Crippen molar-refractivity contribution < 1.29 is 27.8 Å². The molecule has 4 aromatic rings. The lowest BCUT2D eigenvalue weighted by Gasteiger charge is -2.25. The third kappa shape index (κ3) is 6.19. The van der Waals surface area contributed by atoms with Gasteiger partial charge in [0, 0.05) is 25.2 Å². The Labute approximate surface area is 229 Å². The average Bonchev–Trinajstić information content (AvgIpc) is 3.37. The van der Waals surface area contributed by atoms with Crippen LogP contribution in [0.25, 0.3) is 5.69 Å². The van der Waals surface area contributed by atoms with E-state index in [9.17, 15) is 23.1 Å². The topological polar surface area (TPSA) is 88.4 Å². The maximum Gasteiger partial charge on any atom is 0.272 e. The van der Waals surface area contributed by atoms with E-state index < -0.39 is 35.5 Å². The maximum atomic E-state index is 13.9. The molecule has 208 valence electrons. The number of carbonyl (C=O) groups is 1. The van der Waals surface area contributed by atoms with Crippen molar-refractivity contribution in [1.82, 2.24) is 20.2 Å². The number of benzene rings is 3. The van der Waals surface area contributed by atoms with E-state index in [1.165, 1.54) is 42.2 Å². The van der Waals surface area contributed by atoms with Crippen LogP contribution in [0.15, 0.2) is 67.0 Å². The number of hydrogen-bond acceptors (Lipinski definition) is 5. The Hall–Kier alpha value is -4.15. The number of fused-ring (bicyclic) bond motifs is 3. The summed E-state index contributed by atoms with van der Waals surface area (Å²) in [6, 6.07) is 14.3. The van der Waals surface area contributed by atoms with Crippen molar-refractivity contribution in [2.75, 3.05) is 6.54 Å². The number of rotatable bonds is 10. The van der Waals surface area contributed by atoms with Gasteiger partial charge in [-0.1, -0.05) is 31.2 Å². The van der Waals surface area contributed by atoms with Crippen LogP contribution in [-0.4, -0.2) is 39.3 Å². The lowest BCUT2D eigenvalue weighted by Crippen LogP contribution is -2.49. The van der Waals surface area contributed by atoms with Gasteiger partial charge in [-0.25, -0.2) is 18.2 Å². The summed E-state index contributed by atoms with van der Waals surface area (Å²) in [5.41, 5.74) is 3.58. The zero-order chi connectivity index (χ0) is 28.2. The Balaban J connectivity index is 1.33. The van der Waals surface area contributed by atoms with Crippen LogP contribution in [0.3, 0.4) is 0 Å². The lowest BCUT2D eigenvalue weighted by atomic mass is 10.00. The zero-order valence-electron chi connectivity index (χ0n) is 21.8. The van der Waals surface area contributed by atoms with Gasteiger partial charge in [0.2, 0.25) is 0 Å². The van der Waals surface area contributed by atoms with Crippen LogP contribution in [0.2, 0.25) is 0 Å². The molecular formula is C30H29F3N4O3. The molecule has 0 fully saturated rings. The second-order valence-corrected chi connectivity index (χ2v) is 9.74. The molecule has 0 aliphatic carbocycles. The monoisotopic (exact) mass is 550 g/mol. The molecule has 3 aromatic carbocycles. The fourth-order valence-corrected chi connectivity index (χ4v) is 4.83. The maximum absolute atomic E-state index is 13.9. The van der Waals surface area contributed by atoms with Crippen LogP contribution in [0.4, 0.5) is 13.2 Å². The van der Waals surface area contributed by atoms with E-state index in [0.29, 0.717) is 23.7 Å². The fraction of sp³-hybridized carbons (Fsp3) is 0.267. The van der Waals surface area contributed by atoms with Crippen LogP contribution in [-0.2, 0) is 26.0 Å². The largest absolute Gasteiger partial charge is 0.485 e. The SMILES string of the molecule is CCc1cccc(CNC[C@@H](O)[C@H](Cc2cc(F)cc(F)c2)NC(=O)c2ncn3c2COc2cc(F)ccc2-3)c1. The number of aryl methyl sites for hydroxylation is 1. The van der Waals surface area contributed by atoms with Crippen LogP contribution >= 0.6 is 0 Å². The molecule has 40 heavy (non-hydrogen) atoms. The van der Waals surface area contributed by atoms with Gasteiger partial charge >= 0.3 is 0 Å². The number of imidazole rings is 1. The summed E-state index contributed by atoms with van der Waals surface area (Å²) >= 11 is 0. The summed E-state index contributed by atoms with van der Waals surface area (Å²) in [4.78, 5) is 17.6. The summed E-state index contributed by atoms with van der Waals surface area (Å²) in [5, 5.41) is 17.1. The van der Waals surface area contributed by atoms with Gasteiger partial charge in [-0.15, -0.1) is 0 Å². The molecule has 2 heterocycles. The number of aromatic nitrogens is 2. The van der Waals surface area contributed by atoms with Gasteiger partial charge in [-0.3, -0.25) is 9.36 Å². The Morgan fingerprint density at radius 3 is 2.58 bits per heavy atom. The van der Waals surface area contributed by atoms with Crippen molar-refractivity contribution in [2.45, 2.75) is 45.1 Å². The molecule has 0 unspecified atom stereocenters. The smallest absolute Gasteiger partial charge is 0.272 e. The first kappa shape index (κ1) is 27.4. The van der Waals surface area contributed by atoms with Gasteiger partial charge in [0.05, 0.1) is 23.5 Å². The van der Waals surface area contributed by atoms with Crippen molar-refractivity contribution in [3.63, 3.8) is 0 Å². The van der Waals surface area contributed by atoms with Crippen molar-refractivity contribution in [1.29, 1.82) is 0 Å². The molecule has 2 atom stereocenters. The number of aliphatic hydroxyl groups excluding tert-OH is 1. The summed E-state index contributed by atoms with van der Waals surface area (Å²) in [6.45, 7) is 2.66. The van der Waals surface area contributed by atoms with E-state index in [-0.39, 0.29) is 30.8 Å². The highest BCUT2D eigenvalue weighted by Gasteiger charge is 2.28. The van der Waals surface area contributed by atoms with Crippen LogP contribution in [0.1, 0.15) is 39.8 Å². The Bertz CT molecular complexity index is 1500. The third-order valence-corrected chi connectivity index (χ3v) is 6.87. The predicted octanol–water partition coefficient (Wildman–Crippen LogP) is 4.24. The number of ether oxygens (including phenoxy) is 1. The van der Waals surface area contributed by atoms with Gasteiger partial charge < -0.3 is 20.5 Å². The summed E-state index contributed by atoms with van der Waals surface area (Å²) < 4.78 is 48.7. The molecule has 0 saturated carbocycles. The summed E-state index contributed by atoms with van der Waals surface area (Å²) in [7, 11) is 0. The molecule has 1 aliphatic rings. The van der Waals surface area contributed by atoms with E-state index in [1.807, 2.05) is 18.2 Å². The first-order valence-electron chi connectivity index (χ1n) is 13.0. The number of carbonyl (C=O) groups excluding carboxylic acids is 1. The second-order valence-electron chi connectivity index (χ2n) is 9.74. The van der Waals surface area contributed by atoms with E-state index in [0.717, 1.165) is 18.1 Å². The quantitative estimate of drug-likeness (QED) is 0.275. The summed E-state index contributed by atoms with van der Waals surface area (Å²) in [5.74, 6) is -2.20.